The number of nitrogens with one attached hydrogen (secondary N) is 1. The van der Waals surface area contributed by atoms with Crippen LogP contribution in [0.4, 0.5) is 0 Å². The average molecular weight is 459 g/mol. The van der Waals surface area contributed by atoms with Crippen molar-refractivity contribution in [1.82, 2.24) is 10.3 Å². The van der Waals surface area contributed by atoms with Crippen molar-refractivity contribution in [2.75, 3.05) is 19.7 Å². The van der Waals surface area contributed by atoms with E-state index in [0.717, 1.165) is 13.1 Å². The second-order valence-electron chi connectivity index (χ2n) is 7.56. The van der Waals surface area contributed by atoms with E-state index in [9.17, 15) is 9.59 Å². The summed E-state index contributed by atoms with van der Waals surface area (Å²) in [6.07, 6.45) is 5.28. The largest absolute Gasteiger partial charge is 0.488 e. The number of nitrogens with zero attached hydrogens (tertiary/aromatic N) is 1. The van der Waals surface area contributed by atoms with E-state index < -0.39 is 11.9 Å². The van der Waals surface area contributed by atoms with Crippen LogP contribution in [0.25, 0.3) is 0 Å². The number of aliphatic carboxylic acids is 2. The fraction of sp³-hybridized carbons (Fsp3) is 0.375. The fourth-order valence-electron chi connectivity index (χ4n) is 2.97. The Morgan fingerprint density at radius 1 is 1.09 bits per heavy atom. The van der Waals surface area contributed by atoms with Crippen molar-refractivity contribution in [2.24, 2.45) is 5.92 Å². The first kappa shape index (κ1) is 25.7. The van der Waals surface area contributed by atoms with Crippen LogP contribution >= 0.6 is 0 Å². The van der Waals surface area contributed by atoms with Crippen molar-refractivity contribution in [2.45, 2.75) is 32.8 Å². The molecule has 1 aliphatic rings. The third-order valence-corrected chi connectivity index (χ3v) is 4.40. The molecular weight excluding hydrogens is 428 g/mol. The van der Waals surface area contributed by atoms with Gasteiger partial charge in [0.15, 0.2) is 17.2 Å². The van der Waals surface area contributed by atoms with Crippen molar-refractivity contribution < 1.29 is 34.0 Å². The molecule has 0 spiro atoms. The number of para-hydroxylation sites is 2. The van der Waals surface area contributed by atoms with Gasteiger partial charge in [0.2, 0.25) is 0 Å². The number of hydrogen-bond donors (Lipinski definition) is 3. The molecule has 3 N–H and O–H groups in total. The van der Waals surface area contributed by atoms with E-state index in [4.69, 9.17) is 24.4 Å². The van der Waals surface area contributed by atoms with Crippen LogP contribution in [0.2, 0.25) is 0 Å². The number of rotatable bonds is 9. The molecule has 9 nitrogen and oxygen atoms in total. The third-order valence-electron chi connectivity index (χ3n) is 4.40. The van der Waals surface area contributed by atoms with E-state index in [-0.39, 0.29) is 6.10 Å². The highest BCUT2D eigenvalue weighted by Crippen LogP contribution is 2.35. The quantitative estimate of drug-likeness (QED) is 0.481. The van der Waals surface area contributed by atoms with E-state index in [1.165, 1.54) is 12.8 Å². The Balaban J connectivity index is 0.000000414. The molecule has 33 heavy (non-hydrogen) atoms. The Kier molecular flexibility index (Phi) is 10.7. The maximum Gasteiger partial charge on any atom is 0.328 e. The topological polar surface area (TPSA) is 127 Å². The minimum absolute atomic E-state index is 0.0722. The summed E-state index contributed by atoms with van der Waals surface area (Å²) in [5.41, 5.74) is 0. The number of carboxylic acids is 2. The number of hydrogen-bond acceptors (Lipinski definition) is 7. The molecule has 2 heterocycles. The molecule has 178 valence electrons. The second kappa shape index (κ2) is 13.7. The van der Waals surface area contributed by atoms with Gasteiger partial charge in [-0.25, -0.2) is 14.6 Å². The van der Waals surface area contributed by atoms with Crippen LogP contribution in [0.5, 0.6) is 23.1 Å². The molecule has 1 atom stereocenters. The number of carboxylic acid groups (broad SMARTS) is 2. The Morgan fingerprint density at radius 2 is 1.76 bits per heavy atom. The zero-order chi connectivity index (χ0) is 24.1. The summed E-state index contributed by atoms with van der Waals surface area (Å²) in [6, 6.07) is 11.4. The van der Waals surface area contributed by atoms with Crippen molar-refractivity contribution >= 4 is 11.9 Å². The lowest BCUT2D eigenvalue weighted by Crippen LogP contribution is -2.33. The normalized spacial score (nSPS) is 15.4. The summed E-state index contributed by atoms with van der Waals surface area (Å²) in [6.45, 7) is 6.75. The van der Waals surface area contributed by atoms with Crippen LogP contribution in [0.15, 0.2) is 54.7 Å². The number of piperidine rings is 1. The Hall–Kier alpha value is -3.59. The summed E-state index contributed by atoms with van der Waals surface area (Å²) in [7, 11) is 0. The van der Waals surface area contributed by atoms with Crippen LogP contribution in [0, 0.1) is 5.92 Å². The molecule has 1 saturated heterocycles. The lowest BCUT2D eigenvalue weighted by atomic mass is 10.0. The van der Waals surface area contributed by atoms with E-state index in [0.29, 0.717) is 47.8 Å². The van der Waals surface area contributed by atoms with Gasteiger partial charge in [0.05, 0.1) is 12.7 Å². The van der Waals surface area contributed by atoms with Crippen molar-refractivity contribution in [3.05, 3.63) is 54.7 Å². The predicted molar refractivity (Wildman–Crippen MR) is 122 cm³/mol. The smallest absolute Gasteiger partial charge is 0.328 e. The van der Waals surface area contributed by atoms with Gasteiger partial charge in [-0.2, -0.15) is 0 Å². The maximum absolute atomic E-state index is 9.55. The summed E-state index contributed by atoms with van der Waals surface area (Å²) in [5, 5.41) is 19.0. The summed E-state index contributed by atoms with van der Waals surface area (Å²) in [4.78, 5) is 23.4. The molecule has 0 radical (unpaired) electrons. The molecule has 1 aliphatic heterocycles. The first-order chi connectivity index (χ1) is 15.8. The standard InChI is InChI=1S/C20H26N2O3.C4H4O4/c1-15(2)24-17-8-3-4-9-18(17)25-20-19(10-6-12-22-20)23-14-16-7-5-11-21-13-16;5-3(6)1-2-4(7)8/h3-4,6,8-10,12,15-16,21H,5,7,11,13-14H2,1-2H3;1-2H,(H,5,6)(H,7,8)/b;2-1+/t16-;/m0./s1. The maximum atomic E-state index is 9.55. The molecule has 1 aromatic heterocycles. The van der Waals surface area contributed by atoms with E-state index in [1.54, 1.807) is 6.20 Å². The van der Waals surface area contributed by atoms with Crippen molar-refractivity contribution in [3.63, 3.8) is 0 Å². The first-order valence-electron chi connectivity index (χ1n) is 10.7. The summed E-state index contributed by atoms with van der Waals surface area (Å²) >= 11 is 0. The molecular formula is C24H30N2O7. The zero-order valence-corrected chi connectivity index (χ0v) is 18.8. The molecule has 0 unspecified atom stereocenters. The molecule has 3 rings (SSSR count). The van der Waals surface area contributed by atoms with E-state index in [1.807, 2.05) is 50.2 Å². The summed E-state index contributed by atoms with van der Waals surface area (Å²) in [5.74, 6) is 0.473. The highest BCUT2D eigenvalue weighted by atomic mass is 16.5. The van der Waals surface area contributed by atoms with Gasteiger partial charge in [-0.3, -0.25) is 0 Å². The lowest BCUT2D eigenvalue weighted by Gasteiger charge is -2.23. The molecule has 0 bridgehead atoms. The minimum Gasteiger partial charge on any atom is -0.488 e. The highest BCUT2D eigenvalue weighted by molar-refractivity contribution is 5.89. The minimum atomic E-state index is -1.26. The first-order valence-corrected chi connectivity index (χ1v) is 10.7. The molecule has 1 fully saturated rings. The van der Waals surface area contributed by atoms with Gasteiger partial charge < -0.3 is 29.7 Å². The van der Waals surface area contributed by atoms with E-state index in [2.05, 4.69) is 10.3 Å². The van der Waals surface area contributed by atoms with Crippen LogP contribution in [0.3, 0.4) is 0 Å². The Labute approximate surface area is 193 Å². The van der Waals surface area contributed by atoms with Crippen LogP contribution in [0.1, 0.15) is 26.7 Å². The molecule has 2 aromatic rings. The SMILES string of the molecule is CC(C)Oc1ccccc1Oc1ncccc1OC[C@H]1CCCNC1.O=C(O)/C=C/C(=O)O. The molecule has 1 aromatic carbocycles. The van der Waals surface area contributed by atoms with Gasteiger partial charge in [0.1, 0.15) is 0 Å². The van der Waals surface area contributed by atoms with Crippen molar-refractivity contribution in [3.8, 4) is 23.1 Å². The summed E-state index contributed by atoms with van der Waals surface area (Å²) < 4.78 is 17.8. The monoisotopic (exact) mass is 458 g/mol. The fourth-order valence-corrected chi connectivity index (χ4v) is 2.97. The third kappa shape index (κ3) is 10.0. The van der Waals surface area contributed by atoms with Gasteiger partial charge in [-0.05, 0) is 57.5 Å². The number of aromatic nitrogens is 1. The average Bonchev–Trinajstić information content (AvgIpc) is 2.79. The molecule has 9 heteroatoms. The van der Waals surface area contributed by atoms with Crippen LogP contribution in [-0.4, -0.2) is 52.9 Å². The lowest BCUT2D eigenvalue weighted by molar-refractivity contribution is -0.134. The van der Waals surface area contributed by atoms with Gasteiger partial charge in [0, 0.05) is 30.8 Å². The molecule has 0 aliphatic carbocycles. The van der Waals surface area contributed by atoms with Gasteiger partial charge in [-0.15, -0.1) is 0 Å². The number of ether oxygens (including phenoxy) is 3. The predicted octanol–water partition coefficient (Wildman–Crippen LogP) is 3.75. The zero-order valence-electron chi connectivity index (χ0n) is 18.8. The highest BCUT2D eigenvalue weighted by Gasteiger charge is 2.16. The van der Waals surface area contributed by atoms with Crippen LogP contribution in [-0.2, 0) is 9.59 Å². The molecule has 0 amide bonds. The van der Waals surface area contributed by atoms with Gasteiger partial charge >= 0.3 is 11.9 Å². The number of pyridine rings is 1. The second-order valence-corrected chi connectivity index (χ2v) is 7.56. The van der Waals surface area contributed by atoms with E-state index >= 15 is 0 Å². The van der Waals surface area contributed by atoms with Crippen LogP contribution < -0.4 is 19.5 Å². The Morgan fingerprint density at radius 3 is 2.36 bits per heavy atom. The number of benzene rings is 1. The van der Waals surface area contributed by atoms with Crippen molar-refractivity contribution in [1.29, 1.82) is 0 Å². The molecule has 0 saturated carbocycles. The van der Waals surface area contributed by atoms with Gasteiger partial charge in [0.25, 0.3) is 5.88 Å². The Bertz CT molecular complexity index is 909. The van der Waals surface area contributed by atoms with Gasteiger partial charge in [-0.1, -0.05) is 12.1 Å². The number of carbonyl (C=O) groups is 2.